The molecule has 1 aliphatic heterocycles. The van der Waals surface area contributed by atoms with Gasteiger partial charge in [0.1, 0.15) is 0 Å². The molecule has 208 valence electrons. The van der Waals surface area contributed by atoms with Gasteiger partial charge in [-0.3, -0.25) is 14.4 Å². The zero-order valence-electron chi connectivity index (χ0n) is 21.1. The molecule has 0 bridgehead atoms. The zero-order valence-corrected chi connectivity index (χ0v) is 21.9. The fourth-order valence-electron chi connectivity index (χ4n) is 4.69. The van der Waals surface area contributed by atoms with Crippen molar-refractivity contribution in [2.45, 2.75) is 37.5 Å². The maximum absolute atomic E-state index is 13.7. The highest BCUT2D eigenvalue weighted by molar-refractivity contribution is 6.36. The van der Waals surface area contributed by atoms with Gasteiger partial charge in [-0.2, -0.15) is 13.2 Å². The summed E-state index contributed by atoms with van der Waals surface area (Å²) in [6, 6.07) is 22.0. The lowest BCUT2D eigenvalue weighted by atomic mass is 9.81. The summed E-state index contributed by atoms with van der Waals surface area (Å²) in [5, 5.41) is 5.49. The molecule has 3 amide bonds. The molecule has 0 saturated carbocycles. The summed E-state index contributed by atoms with van der Waals surface area (Å²) in [6.45, 7) is 0. The van der Waals surface area contributed by atoms with Crippen molar-refractivity contribution in [2.75, 3.05) is 5.32 Å². The summed E-state index contributed by atoms with van der Waals surface area (Å²) >= 11 is 6.37. The van der Waals surface area contributed by atoms with E-state index in [-0.39, 0.29) is 11.4 Å². The monoisotopic (exact) mass is 570 g/mol. The summed E-state index contributed by atoms with van der Waals surface area (Å²) in [6.07, 6.45) is -7.79. The number of primary amides is 1. The number of rotatable bonds is 9. The fraction of sp³-hybridized carbons (Fsp3) is 0.241. The van der Waals surface area contributed by atoms with E-state index in [0.29, 0.717) is 28.1 Å². The summed E-state index contributed by atoms with van der Waals surface area (Å²) in [5.41, 5.74) is 7.86. The number of carbonyl (C=O) groups is 3. The van der Waals surface area contributed by atoms with Gasteiger partial charge in [0.15, 0.2) is 0 Å². The highest BCUT2D eigenvalue weighted by atomic mass is 35.5. The Hall–Kier alpha value is -4.18. The largest absolute Gasteiger partial charge is 0.389 e. The number of hydrogen-bond donors (Lipinski definition) is 3. The van der Waals surface area contributed by atoms with E-state index in [9.17, 15) is 27.6 Å². The average molecular weight is 571 g/mol. The lowest BCUT2D eigenvalue weighted by Crippen LogP contribution is -2.47. The zero-order chi connectivity index (χ0) is 28.9. The number of nitrogens with zero attached hydrogens (tertiary/aromatic N) is 1. The summed E-state index contributed by atoms with van der Waals surface area (Å²) in [4.78, 5) is 44.0. The van der Waals surface area contributed by atoms with Crippen LogP contribution in [0.3, 0.4) is 0 Å². The number of amides is 3. The van der Waals surface area contributed by atoms with Crippen LogP contribution in [0.5, 0.6) is 0 Å². The van der Waals surface area contributed by atoms with Gasteiger partial charge in [-0.05, 0) is 24.5 Å². The Kier molecular flexibility index (Phi) is 8.89. The Labute approximate surface area is 233 Å². The Bertz CT molecular complexity index is 1420. The van der Waals surface area contributed by atoms with Gasteiger partial charge < -0.3 is 16.4 Å². The number of anilines is 1. The van der Waals surface area contributed by atoms with Crippen molar-refractivity contribution in [3.63, 3.8) is 0 Å². The number of alkyl halides is 3. The third kappa shape index (κ3) is 6.87. The highest BCUT2D eigenvalue weighted by Crippen LogP contribution is 2.33. The van der Waals surface area contributed by atoms with Crippen LogP contribution in [0.4, 0.5) is 18.9 Å². The number of nitrogens with two attached hydrogens (primary N) is 1. The molecule has 0 unspecified atom stereocenters. The third-order valence-electron chi connectivity index (χ3n) is 6.53. The van der Waals surface area contributed by atoms with Crippen LogP contribution < -0.4 is 16.4 Å². The maximum atomic E-state index is 13.7. The van der Waals surface area contributed by atoms with E-state index >= 15 is 0 Å². The van der Waals surface area contributed by atoms with Gasteiger partial charge in [-0.15, -0.1) is 0 Å². The van der Waals surface area contributed by atoms with Crippen LogP contribution in [0, 0.1) is 5.92 Å². The molecule has 4 rings (SSSR count). The van der Waals surface area contributed by atoms with Crippen molar-refractivity contribution in [1.29, 1.82) is 0 Å². The molecule has 0 radical (unpaired) electrons. The lowest BCUT2D eigenvalue weighted by Gasteiger charge is -2.26. The second kappa shape index (κ2) is 12.3. The fourth-order valence-corrected chi connectivity index (χ4v) is 4.91. The first-order valence-corrected chi connectivity index (χ1v) is 12.9. The Morgan fingerprint density at radius 2 is 1.65 bits per heavy atom. The van der Waals surface area contributed by atoms with Crippen molar-refractivity contribution >= 4 is 40.7 Å². The normalized spacial score (nSPS) is 16.6. The second-order valence-corrected chi connectivity index (χ2v) is 9.72. The van der Waals surface area contributed by atoms with E-state index in [4.69, 9.17) is 17.3 Å². The summed E-state index contributed by atoms with van der Waals surface area (Å²) < 4.78 is 38.9. The number of hydrogen-bond acceptors (Lipinski definition) is 4. The standard InChI is InChI=1S/C29H26ClF3N4O3/c30-21-15-7-13-20-23(18-11-5-2-6-12-18)35-26(28(40)36-24(20)21)37-27(39)19(14-8-16-29(31,32)33)22(25(34)38)17-9-3-1-4-10-17/h1-7,9-13,15,19,22,26H,8,14,16H2,(H2,34,38)(H,36,40)(H,37,39)/t19-,22+,26-/m1/s1. The highest BCUT2D eigenvalue weighted by Gasteiger charge is 2.37. The molecule has 3 aromatic carbocycles. The smallest absolute Gasteiger partial charge is 0.369 e. The van der Waals surface area contributed by atoms with Gasteiger partial charge in [-0.25, -0.2) is 4.99 Å². The minimum Gasteiger partial charge on any atom is -0.369 e. The summed E-state index contributed by atoms with van der Waals surface area (Å²) in [7, 11) is 0. The minimum absolute atomic E-state index is 0.254. The van der Waals surface area contributed by atoms with Crippen LogP contribution in [0.1, 0.15) is 41.9 Å². The van der Waals surface area contributed by atoms with E-state index in [1.165, 1.54) is 0 Å². The van der Waals surface area contributed by atoms with E-state index in [1.54, 1.807) is 78.9 Å². The molecule has 40 heavy (non-hydrogen) atoms. The SMILES string of the molecule is NC(=O)[C@@H](c1ccccc1)[C@@H](CCCC(F)(F)F)C(=O)N[C@H]1N=C(c2ccccc2)c2cccc(Cl)c2NC1=O. The van der Waals surface area contributed by atoms with E-state index in [0.717, 1.165) is 0 Å². The van der Waals surface area contributed by atoms with E-state index in [2.05, 4.69) is 15.6 Å². The minimum atomic E-state index is -4.45. The molecule has 0 saturated heterocycles. The third-order valence-corrected chi connectivity index (χ3v) is 6.84. The van der Waals surface area contributed by atoms with Crippen LogP contribution >= 0.6 is 11.6 Å². The number of benzene rings is 3. The van der Waals surface area contributed by atoms with Crippen molar-refractivity contribution in [2.24, 2.45) is 16.6 Å². The van der Waals surface area contributed by atoms with Gasteiger partial charge >= 0.3 is 6.18 Å². The van der Waals surface area contributed by atoms with E-state index in [1.807, 2.05) is 0 Å². The molecule has 1 aliphatic rings. The molecule has 3 aromatic rings. The van der Waals surface area contributed by atoms with Crippen LogP contribution in [0.15, 0.2) is 83.9 Å². The van der Waals surface area contributed by atoms with Gasteiger partial charge in [-0.1, -0.05) is 84.4 Å². The molecular formula is C29H26ClF3N4O3. The number of nitrogens with one attached hydrogen (secondary N) is 2. The van der Waals surface area contributed by atoms with Crippen LogP contribution in [0.2, 0.25) is 5.02 Å². The summed E-state index contributed by atoms with van der Waals surface area (Å²) in [5.74, 6) is -4.94. The Morgan fingerprint density at radius 1 is 1.00 bits per heavy atom. The van der Waals surface area contributed by atoms with Gasteiger partial charge in [0.05, 0.1) is 28.3 Å². The number of para-hydroxylation sites is 1. The number of carbonyl (C=O) groups excluding carboxylic acids is 3. The van der Waals surface area contributed by atoms with Crippen molar-refractivity contribution in [3.05, 3.63) is 101 Å². The maximum Gasteiger partial charge on any atom is 0.389 e. The van der Waals surface area contributed by atoms with Crippen molar-refractivity contribution in [1.82, 2.24) is 5.32 Å². The quantitative estimate of drug-likeness (QED) is 0.329. The number of benzodiazepines with no additional fused rings is 1. The molecular weight excluding hydrogens is 545 g/mol. The van der Waals surface area contributed by atoms with Crippen molar-refractivity contribution in [3.8, 4) is 0 Å². The predicted octanol–water partition coefficient (Wildman–Crippen LogP) is 5.19. The van der Waals surface area contributed by atoms with E-state index < -0.39 is 54.7 Å². The molecule has 0 aliphatic carbocycles. The molecule has 4 N–H and O–H groups in total. The Balaban J connectivity index is 1.71. The molecule has 3 atom stereocenters. The first kappa shape index (κ1) is 28.8. The predicted molar refractivity (Wildman–Crippen MR) is 146 cm³/mol. The van der Waals surface area contributed by atoms with Crippen LogP contribution in [0.25, 0.3) is 0 Å². The van der Waals surface area contributed by atoms with Gasteiger partial charge in [0.2, 0.25) is 18.0 Å². The second-order valence-electron chi connectivity index (χ2n) is 9.31. The average Bonchev–Trinajstić information content (AvgIpc) is 3.05. The first-order valence-electron chi connectivity index (χ1n) is 12.5. The number of halogens is 4. The molecule has 7 nitrogen and oxygen atoms in total. The molecule has 0 aromatic heterocycles. The Morgan fingerprint density at radius 3 is 2.27 bits per heavy atom. The van der Waals surface area contributed by atoms with Gasteiger partial charge in [0.25, 0.3) is 5.91 Å². The van der Waals surface area contributed by atoms with Crippen molar-refractivity contribution < 1.29 is 27.6 Å². The topological polar surface area (TPSA) is 114 Å². The lowest BCUT2D eigenvalue weighted by molar-refractivity contribution is -0.139. The molecule has 0 spiro atoms. The first-order chi connectivity index (χ1) is 19.0. The number of fused-ring (bicyclic) bond motifs is 1. The van der Waals surface area contributed by atoms with Crippen LogP contribution in [-0.2, 0) is 14.4 Å². The molecule has 1 heterocycles. The van der Waals surface area contributed by atoms with Crippen LogP contribution in [-0.4, -0.2) is 35.8 Å². The van der Waals surface area contributed by atoms with Gasteiger partial charge in [0, 0.05) is 17.5 Å². The number of aliphatic imine (C=N–C) groups is 1. The molecule has 11 heteroatoms. The molecule has 0 fully saturated rings.